The molecule has 3 N–H and O–H groups in total. The van der Waals surface area contributed by atoms with Crippen molar-refractivity contribution < 1.29 is 18.3 Å². The molecule has 0 saturated heterocycles. The molecule has 0 fully saturated rings. The van der Waals surface area contributed by atoms with Gasteiger partial charge in [0.2, 0.25) is 0 Å². The van der Waals surface area contributed by atoms with E-state index >= 15 is 0 Å². The standard InChI is InChI=1S/C14H21F3N2O/c1-3-4-12(9-20)19-11-6-5-10(8-18-2)13(7-11)14(15,16)17/h5-7,12,18-20H,3-4,8-9H2,1-2H3/t12-/m1/s1. The van der Waals surface area contributed by atoms with Crippen molar-refractivity contribution in [2.24, 2.45) is 0 Å². The van der Waals surface area contributed by atoms with Crippen LogP contribution in [0.15, 0.2) is 18.2 Å². The van der Waals surface area contributed by atoms with Crippen molar-refractivity contribution in [3.05, 3.63) is 29.3 Å². The fraction of sp³-hybridized carbons (Fsp3) is 0.571. The van der Waals surface area contributed by atoms with E-state index in [0.717, 1.165) is 12.5 Å². The second-order valence-corrected chi connectivity index (χ2v) is 4.71. The van der Waals surface area contributed by atoms with Crippen LogP contribution in [0, 0.1) is 0 Å². The number of nitrogens with one attached hydrogen (secondary N) is 2. The van der Waals surface area contributed by atoms with Gasteiger partial charge in [-0.3, -0.25) is 0 Å². The molecule has 0 unspecified atom stereocenters. The summed E-state index contributed by atoms with van der Waals surface area (Å²) in [5.74, 6) is 0. The van der Waals surface area contributed by atoms with Gasteiger partial charge in [0, 0.05) is 18.3 Å². The molecule has 0 aliphatic rings. The number of hydrogen-bond acceptors (Lipinski definition) is 3. The summed E-state index contributed by atoms with van der Waals surface area (Å²) in [6.45, 7) is 2.02. The molecule has 20 heavy (non-hydrogen) atoms. The molecule has 114 valence electrons. The van der Waals surface area contributed by atoms with E-state index in [0.29, 0.717) is 12.1 Å². The van der Waals surface area contributed by atoms with Gasteiger partial charge in [-0.25, -0.2) is 0 Å². The number of benzene rings is 1. The highest BCUT2D eigenvalue weighted by molar-refractivity contribution is 5.50. The molecule has 0 saturated carbocycles. The van der Waals surface area contributed by atoms with Crippen molar-refractivity contribution in [1.29, 1.82) is 0 Å². The van der Waals surface area contributed by atoms with E-state index in [9.17, 15) is 18.3 Å². The number of rotatable bonds is 7. The van der Waals surface area contributed by atoms with Crippen LogP contribution in [-0.2, 0) is 12.7 Å². The molecule has 1 rings (SSSR count). The van der Waals surface area contributed by atoms with Crippen LogP contribution in [0.3, 0.4) is 0 Å². The number of aliphatic hydroxyl groups excluding tert-OH is 1. The Kier molecular flexibility index (Phi) is 6.29. The third kappa shape index (κ3) is 4.68. The van der Waals surface area contributed by atoms with Crippen molar-refractivity contribution in [3.63, 3.8) is 0 Å². The zero-order valence-electron chi connectivity index (χ0n) is 11.7. The Labute approximate surface area is 117 Å². The monoisotopic (exact) mass is 290 g/mol. The summed E-state index contributed by atoms with van der Waals surface area (Å²) >= 11 is 0. The van der Waals surface area contributed by atoms with E-state index in [2.05, 4.69) is 10.6 Å². The lowest BCUT2D eigenvalue weighted by Crippen LogP contribution is -2.24. The summed E-state index contributed by atoms with van der Waals surface area (Å²) in [6, 6.07) is 3.95. The first-order chi connectivity index (χ1) is 9.42. The average Bonchev–Trinajstić information content (AvgIpc) is 2.39. The second kappa shape index (κ2) is 7.50. The summed E-state index contributed by atoms with van der Waals surface area (Å²) in [5, 5.41) is 14.9. The molecule has 1 aromatic carbocycles. The molecule has 6 heteroatoms. The van der Waals surface area contributed by atoms with Gasteiger partial charge in [-0.2, -0.15) is 13.2 Å². The summed E-state index contributed by atoms with van der Waals surface area (Å²) in [7, 11) is 1.61. The maximum Gasteiger partial charge on any atom is 0.416 e. The average molecular weight is 290 g/mol. The summed E-state index contributed by atoms with van der Waals surface area (Å²) in [6.07, 6.45) is -2.83. The molecule has 0 aromatic heterocycles. The van der Waals surface area contributed by atoms with Gasteiger partial charge in [0.15, 0.2) is 0 Å². The predicted octanol–water partition coefficient (Wildman–Crippen LogP) is 3.00. The van der Waals surface area contributed by atoms with Crippen molar-refractivity contribution in [1.82, 2.24) is 5.32 Å². The first-order valence-electron chi connectivity index (χ1n) is 6.64. The number of alkyl halides is 3. The molecule has 0 heterocycles. The lowest BCUT2D eigenvalue weighted by molar-refractivity contribution is -0.138. The Morgan fingerprint density at radius 2 is 2.00 bits per heavy atom. The van der Waals surface area contributed by atoms with Gasteiger partial charge in [-0.15, -0.1) is 0 Å². The van der Waals surface area contributed by atoms with E-state index < -0.39 is 11.7 Å². The summed E-state index contributed by atoms with van der Waals surface area (Å²) in [5.41, 5.74) is -0.0590. The lowest BCUT2D eigenvalue weighted by Gasteiger charge is -2.19. The number of aliphatic hydroxyl groups is 1. The van der Waals surface area contributed by atoms with Crippen LogP contribution in [0.1, 0.15) is 30.9 Å². The molecule has 0 amide bonds. The van der Waals surface area contributed by atoms with E-state index in [1.54, 1.807) is 13.1 Å². The molecule has 1 atom stereocenters. The molecule has 0 radical (unpaired) electrons. The topological polar surface area (TPSA) is 44.3 Å². The van der Waals surface area contributed by atoms with Crippen LogP contribution in [0.2, 0.25) is 0 Å². The SMILES string of the molecule is CCC[C@H](CO)Nc1ccc(CNC)c(C(F)(F)F)c1. The molecule has 0 aliphatic carbocycles. The summed E-state index contributed by atoms with van der Waals surface area (Å²) in [4.78, 5) is 0. The van der Waals surface area contributed by atoms with Crippen LogP contribution in [0.4, 0.5) is 18.9 Å². The van der Waals surface area contributed by atoms with Gasteiger partial charge in [0.25, 0.3) is 0 Å². The van der Waals surface area contributed by atoms with Crippen LogP contribution in [-0.4, -0.2) is 24.8 Å². The second-order valence-electron chi connectivity index (χ2n) is 4.71. The molecular weight excluding hydrogens is 269 g/mol. The van der Waals surface area contributed by atoms with Crippen molar-refractivity contribution in [3.8, 4) is 0 Å². The first kappa shape index (κ1) is 16.8. The number of anilines is 1. The molecule has 0 spiro atoms. The Morgan fingerprint density at radius 3 is 2.50 bits per heavy atom. The molecule has 3 nitrogen and oxygen atoms in total. The summed E-state index contributed by atoms with van der Waals surface area (Å²) < 4.78 is 39.0. The fourth-order valence-corrected chi connectivity index (χ4v) is 2.07. The maximum absolute atomic E-state index is 13.0. The van der Waals surface area contributed by atoms with Gasteiger partial charge >= 0.3 is 6.18 Å². The highest BCUT2D eigenvalue weighted by Crippen LogP contribution is 2.34. The van der Waals surface area contributed by atoms with Crippen LogP contribution < -0.4 is 10.6 Å². The quantitative estimate of drug-likeness (QED) is 0.723. The van der Waals surface area contributed by atoms with Crippen LogP contribution in [0.25, 0.3) is 0 Å². The largest absolute Gasteiger partial charge is 0.416 e. The first-order valence-corrected chi connectivity index (χ1v) is 6.64. The zero-order chi connectivity index (χ0) is 15.2. The highest BCUT2D eigenvalue weighted by Gasteiger charge is 2.33. The van der Waals surface area contributed by atoms with Crippen molar-refractivity contribution >= 4 is 5.69 Å². The Bertz CT molecular complexity index is 421. The van der Waals surface area contributed by atoms with E-state index in [1.165, 1.54) is 6.07 Å². The van der Waals surface area contributed by atoms with E-state index in [1.807, 2.05) is 6.92 Å². The van der Waals surface area contributed by atoms with Gasteiger partial charge in [-0.05, 0) is 31.2 Å². The number of hydrogen-bond donors (Lipinski definition) is 3. The Balaban J connectivity index is 3.00. The van der Waals surface area contributed by atoms with Gasteiger partial charge in [0.05, 0.1) is 12.2 Å². The minimum Gasteiger partial charge on any atom is -0.394 e. The molecule has 1 aromatic rings. The van der Waals surface area contributed by atoms with Gasteiger partial charge in [-0.1, -0.05) is 19.4 Å². The number of halogens is 3. The van der Waals surface area contributed by atoms with Crippen LogP contribution in [0.5, 0.6) is 0 Å². The van der Waals surface area contributed by atoms with Gasteiger partial charge in [0.1, 0.15) is 0 Å². The molecule has 0 aliphatic heterocycles. The van der Waals surface area contributed by atoms with E-state index in [4.69, 9.17) is 0 Å². The highest BCUT2D eigenvalue weighted by atomic mass is 19.4. The normalized spacial score (nSPS) is 13.3. The Morgan fingerprint density at radius 1 is 1.30 bits per heavy atom. The third-order valence-electron chi connectivity index (χ3n) is 3.01. The minimum absolute atomic E-state index is 0.104. The van der Waals surface area contributed by atoms with Gasteiger partial charge < -0.3 is 15.7 Å². The van der Waals surface area contributed by atoms with Crippen molar-refractivity contribution in [2.75, 3.05) is 19.0 Å². The van der Waals surface area contributed by atoms with Crippen LogP contribution >= 0.6 is 0 Å². The minimum atomic E-state index is -4.39. The molecule has 0 bridgehead atoms. The molecular formula is C14H21F3N2O. The van der Waals surface area contributed by atoms with Crippen molar-refractivity contribution in [2.45, 2.75) is 38.5 Å². The fourth-order valence-electron chi connectivity index (χ4n) is 2.07. The maximum atomic E-state index is 13.0. The predicted molar refractivity (Wildman–Crippen MR) is 73.6 cm³/mol. The zero-order valence-corrected chi connectivity index (χ0v) is 11.7. The Hall–Kier alpha value is -1.27. The third-order valence-corrected chi connectivity index (χ3v) is 3.01. The van der Waals surface area contributed by atoms with E-state index in [-0.39, 0.29) is 24.8 Å². The lowest BCUT2D eigenvalue weighted by atomic mass is 10.0. The smallest absolute Gasteiger partial charge is 0.394 e.